The molecule has 1 saturated heterocycles. The maximum Gasteiger partial charge on any atom is 0.490 e. The van der Waals surface area contributed by atoms with Crippen molar-refractivity contribution in [3.63, 3.8) is 0 Å². The highest BCUT2D eigenvalue weighted by Gasteiger charge is 2.38. The van der Waals surface area contributed by atoms with Crippen molar-refractivity contribution in [3.8, 4) is 5.69 Å². The summed E-state index contributed by atoms with van der Waals surface area (Å²) in [6.45, 7) is 2.68. The molecule has 0 radical (unpaired) electrons. The summed E-state index contributed by atoms with van der Waals surface area (Å²) in [5.41, 5.74) is 1.34. The van der Waals surface area contributed by atoms with Crippen LogP contribution in [-0.4, -0.2) is 75.7 Å². The fourth-order valence-electron chi connectivity index (χ4n) is 4.85. The number of halogens is 5. The normalized spacial score (nSPS) is 13.8. The van der Waals surface area contributed by atoms with Gasteiger partial charge in [0.2, 0.25) is 0 Å². The molecule has 17 heteroatoms. The second-order valence-corrected chi connectivity index (χ2v) is 11.2. The first kappa shape index (κ1) is 36.0. The van der Waals surface area contributed by atoms with Crippen LogP contribution in [0.2, 0.25) is 10.0 Å². The highest BCUT2D eigenvalue weighted by atomic mass is 35.5. The van der Waals surface area contributed by atoms with Crippen molar-refractivity contribution in [2.24, 2.45) is 7.05 Å². The van der Waals surface area contributed by atoms with Gasteiger partial charge >= 0.3 is 23.8 Å². The average Bonchev–Trinajstić information content (AvgIpc) is 3.04. The molecule has 12 nitrogen and oxygen atoms in total. The maximum absolute atomic E-state index is 13.4. The van der Waals surface area contributed by atoms with Crippen molar-refractivity contribution in [2.75, 3.05) is 31.2 Å². The van der Waals surface area contributed by atoms with Gasteiger partial charge in [-0.3, -0.25) is 14.2 Å². The van der Waals surface area contributed by atoms with Gasteiger partial charge in [0.25, 0.3) is 11.5 Å². The van der Waals surface area contributed by atoms with Crippen LogP contribution in [0.3, 0.4) is 0 Å². The third-order valence-corrected chi connectivity index (χ3v) is 7.93. The number of rotatable bonds is 7. The van der Waals surface area contributed by atoms with Crippen molar-refractivity contribution in [1.29, 1.82) is 0 Å². The number of carboxylic acid groups (broad SMARTS) is 2. The molecular formula is C31H27Cl2F3N4O8. The van der Waals surface area contributed by atoms with E-state index in [0.29, 0.717) is 35.4 Å². The van der Waals surface area contributed by atoms with Crippen molar-refractivity contribution >= 4 is 57.6 Å². The Morgan fingerprint density at radius 1 is 0.938 bits per heavy atom. The van der Waals surface area contributed by atoms with Crippen molar-refractivity contribution < 1.29 is 42.5 Å². The van der Waals surface area contributed by atoms with E-state index in [4.69, 9.17) is 37.8 Å². The number of fused-ring (bicyclic) bond motifs is 1. The third kappa shape index (κ3) is 8.16. The summed E-state index contributed by atoms with van der Waals surface area (Å²) in [6, 6.07) is 15.0. The zero-order valence-corrected chi connectivity index (χ0v) is 26.5. The van der Waals surface area contributed by atoms with E-state index in [1.165, 1.54) is 16.7 Å². The highest BCUT2D eigenvalue weighted by Crippen LogP contribution is 2.25. The molecule has 0 bridgehead atoms. The van der Waals surface area contributed by atoms with Gasteiger partial charge in [-0.05, 0) is 48.0 Å². The summed E-state index contributed by atoms with van der Waals surface area (Å²) in [5.74, 6) is -4.72. The first-order valence-corrected chi connectivity index (χ1v) is 14.8. The minimum atomic E-state index is -5.08. The van der Waals surface area contributed by atoms with Crippen LogP contribution in [0.15, 0.2) is 70.3 Å². The van der Waals surface area contributed by atoms with Crippen LogP contribution >= 0.6 is 23.2 Å². The van der Waals surface area contributed by atoms with Gasteiger partial charge in [-0.25, -0.2) is 19.0 Å². The van der Waals surface area contributed by atoms with Crippen LogP contribution in [0.5, 0.6) is 0 Å². The second-order valence-electron chi connectivity index (χ2n) is 10.4. The Hall–Kier alpha value is -4.86. The number of amides is 1. The summed E-state index contributed by atoms with van der Waals surface area (Å²) in [7, 11) is 1.61. The highest BCUT2D eigenvalue weighted by molar-refractivity contribution is 6.39. The number of nitrogens with one attached hydrogen (secondary N) is 1. The number of ether oxygens (including phenoxy) is 1. The predicted molar refractivity (Wildman–Crippen MR) is 171 cm³/mol. The molecule has 5 rings (SSSR count). The lowest BCUT2D eigenvalue weighted by Crippen LogP contribution is -2.42. The number of alkyl halides is 3. The van der Waals surface area contributed by atoms with E-state index in [2.05, 4.69) is 10.2 Å². The third-order valence-electron chi connectivity index (χ3n) is 7.30. The van der Waals surface area contributed by atoms with Crippen molar-refractivity contribution in [2.45, 2.75) is 18.6 Å². The standard InChI is InChI=1S/C29H26Cl2N4O6.C2HF3O2/c1-33-24-16-19(34-11-13-41-14-12-34)9-10-20(24)27(37)35(29(33)40)18-7-5-17(6-8-18)15-23(28(38)39)32-26(36)25-21(30)3-2-4-22(25)31;3-2(4,5)1(6)7/h2-10,16,23H,11-15H2,1H3,(H,32,36)(H,38,39);(H,6,7)/t23-;/m0./s1. The molecule has 48 heavy (non-hydrogen) atoms. The van der Waals surface area contributed by atoms with Crippen molar-refractivity contribution in [1.82, 2.24) is 14.5 Å². The van der Waals surface area contributed by atoms with Crippen LogP contribution in [-0.2, 0) is 27.8 Å². The maximum atomic E-state index is 13.4. The zero-order valence-electron chi connectivity index (χ0n) is 25.0. The number of aliphatic carboxylic acids is 2. The van der Waals surface area contributed by atoms with Gasteiger partial charge < -0.3 is 25.2 Å². The number of morpholine rings is 1. The summed E-state index contributed by atoms with van der Waals surface area (Å²) >= 11 is 12.2. The average molecular weight is 711 g/mol. The monoisotopic (exact) mass is 710 g/mol. The molecule has 1 amide bonds. The quantitative estimate of drug-likeness (QED) is 0.259. The van der Waals surface area contributed by atoms with E-state index in [0.717, 1.165) is 23.3 Å². The van der Waals surface area contributed by atoms with Crippen LogP contribution in [0, 0.1) is 0 Å². The summed E-state index contributed by atoms with van der Waals surface area (Å²) in [5, 5.41) is 19.9. The molecule has 1 fully saturated rings. The first-order chi connectivity index (χ1) is 22.6. The Morgan fingerprint density at radius 3 is 2.04 bits per heavy atom. The van der Waals surface area contributed by atoms with E-state index in [-0.39, 0.29) is 22.0 Å². The number of anilines is 1. The molecule has 4 aromatic rings. The molecule has 1 aliphatic rings. The van der Waals surface area contributed by atoms with E-state index in [1.54, 1.807) is 43.4 Å². The predicted octanol–water partition coefficient (Wildman–Crippen LogP) is 3.89. The topological polar surface area (TPSA) is 160 Å². The first-order valence-electron chi connectivity index (χ1n) is 14.1. The molecule has 1 atom stereocenters. The number of carbonyl (C=O) groups excluding carboxylic acids is 1. The van der Waals surface area contributed by atoms with E-state index < -0.39 is 41.3 Å². The number of hydrogen-bond acceptors (Lipinski definition) is 7. The molecule has 1 aliphatic heterocycles. The van der Waals surface area contributed by atoms with Crippen LogP contribution in [0.25, 0.3) is 16.6 Å². The fraction of sp³-hybridized carbons (Fsp3) is 0.258. The van der Waals surface area contributed by atoms with E-state index in [9.17, 15) is 37.5 Å². The molecular weight excluding hydrogens is 684 g/mol. The number of carbonyl (C=O) groups is 3. The smallest absolute Gasteiger partial charge is 0.480 e. The fourth-order valence-corrected chi connectivity index (χ4v) is 5.42. The van der Waals surface area contributed by atoms with Crippen LogP contribution < -0.4 is 21.5 Å². The van der Waals surface area contributed by atoms with Gasteiger partial charge in [0, 0.05) is 32.2 Å². The summed E-state index contributed by atoms with van der Waals surface area (Å²) in [6.07, 6.45) is -5.14. The lowest BCUT2D eigenvalue weighted by Gasteiger charge is -2.29. The van der Waals surface area contributed by atoms with Gasteiger partial charge in [0.05, 0.1) is 45.4 Å². The van der Waals surface area contributed by atoms with Crippen LogP contribution in [0.4, 0.5) is 18.9 Å². The largest absolute Gasteiger partial charge is 0.490 e. The molecule has 2 heterocycles. The number of aryl methyl sites for hydroxylation is 1. The molecule has 0 spiro atoms. The van der Waals surface area contributed by atoms with Gasteiger partial charge in [-0.15, -0.1) is 0 Å². The van der Waals surface area contributed by atoms with E-state index >= 15 is 0 Å². The molecule has 254 valence electrons. The van der Waals surface area contributed by atoms with Gasteiger partial charge in [0.1, 0.15) is 6.04 Å². The minimum absolute atomic E-state index is 0.0129. The van der Waals surface area contributed by atoms with Gasteiger partial charge in [-0.1, -0.05) is 41.4 Å². The molecule has 0 saturated carbocycles. The molecule has 1 aromatic heterocycles. The van der Waals surface area contributed by atoms with E-state index in [1.807, 2.05) is 12.1 Å². The molecule has 3 aromatic carbocycles. The molecule has 0 aliphatic carbocycles. The number of aromatic nitrogens is 2. The Kier molecular flexibility index (Phi) is 11.2. The Labute approximate surface area is 279 Å². The van der Waals surface area contributed by atoms with Crippen molar-refractivity contribution in [3.05, 3.63) is 103 Å². The number of hydrogen-bond donors (Lipinski definition) is 3. The van der Waals surface area contributed by atoms with Gasteiger partial charge in [-0.2, -0.15) is 13.2 Å². The second kappa shape index (κ2) is 14.9. The number of benzene rings is 3. The Morgan fingerprint density at radius 2 is 1.50 bits per heavy atom. The zero-order chi connectivity index (χ0) is 35.3. The Balaban J connectivity index is 0.000000671. The summed E-state index contributed by atoms with van der Waals surface area (Å²) < 4.78 is 39.7. The SMILES string of the molecule is Cn1c(=O)n(-c2ccc(C[C@H](NC(=O)c3c(Cl)cccc3Cl)C(=O)O)cc2)c(=O)c2ccc(N3CCOCC3)cc21.O=C(O)C(F)(F)F. The van der Waals surface area contributed by atoms with Crippen LogP contribution in [0.1, 0.15) is 15.9 Å². The number of nitrogens with zero attached hydrogens (tertiary/aromatic N) is 3. The summed E-state index contributed by atoms with van der Waals surface area (Å²) in [4.78, 5) is 62.4. The lowest BCUT2D eigenvalue weighted by molar-refractivity contribution is -0.192. The minimum Gasteiger partial charge on any atom is -0.480 e. The Bertz CT molecular complexity index is 1950. The lowest BCUT2D eigenvalue weighted by atomic mass is 10.0. The molecule has 0 unspecified atom stereocenters. The van der Waals surface area contributed by atoms with Gasteiger partial charge in [0.15, 0.2) is 0 Å². The molecule has 3 N–H and O–H groups in total. The number of carboxylic acids is 2.